The van der Waals surface area contributed by atoms with Crippen LogP contribution in [0.3, 0.4) is 0 Å². The van der Waals surface area contributed by atoms with Gasteiger partial charge in [-0.1, -0.05) is 6.42 Å². The van der Waals surface area contributed by atoms with Crippen LogP contribution in [-0.2, 0) is 4.79 Å². The fraction of sp³-hybridized carbons (Fsp3) is 0.636. The Balaban J connectivity index is 2.28. The van der Waals surface area contributed by atoms with Gasteiger partial charge in [-0.2, -0.15) is 0 Å². The number of nitrogens with two attached hydrogens (primary N) is 1. The van der Waals surface area contributed by atoms with Gasteiger partial charge in [0.25, 0.3) is 0 Å². The molecule has 0 aliphatic carbocycles. The first-order valence-corrected chi connectivity index (χ1v) is 6.39. The molecule has 90 valence electrons. The summed E-state index contributed by atoms with van der Waals surface area (Å²) in [7, 11) is 0. The number of carbonyl (C=O) groups excluding carboxylic acids is 1. The quantitative estimate of drug-likeness (QED) is 0.750. The molecule has 0 bridgehead atoms. The molecular weight excluding hydrogens is 222 g/mol. The second-order valence-corrected chi connectivity index (χ2v) is 5.01. The number of hydrogen-bond acceptors (Lipinski definition) is 4. The molecule has 0 fully saturated rings. The molecular formula is C11H19N3OS. The zero-order chi connectivity index (χ0) is 12.0. The van der Waals surface area contributed by atoms with Crippen molar-refractivity contribution >= 4 is 22.4 Å². The summed E-state index contributed by atoms with van der Waals surface area (Å²) >= 11 is 1.52. The number of unbranched alkanes of at least 4 members (excludes halogenated alkanes) is 2. The molecule has 0 aliphatic heterocycles. The molecule has 0 atom stereocenters. The number of nitrogens with zero attached hydrogens (tertiary/aromatic N) is 1. The van der Waals surface area contributed by atoms with Crippen molar-refractivity contribution in [3.63, 3.8) is 0 Å². The van der Waals surface area contributed by atoms with E-state index < -0.39 is 0 Å². The first kappa shape index (κ1) is 13.1. The fourth-order valence-electron chi connectivity index (χ4n) is 1.31. The van der Waals surface area contributed by atoms with E-state index in [2.05, 4.69) is 10.3 Å². The summed E-state index contributed by atoms with van der Waals surface area (Å²) in [6.07, 6.45) is 3.45. The average molecular weight is 241 g/mol. The Morgan fingerprint density at radius 2 is 2.12 bits per heavy atom. The fourth-order valence-corrected chi connectivity index (χ4v) is 2.15. The minimum Gasteiger partial charge on any atom is -0.330 e. The molecule has 1 amide bonds. The molecule has 1 heterocycles. The maximum Gasteiger partial charge on any atom is 0.226 e. The summed E-state index contributed by atoms with van der Waals surface area (Å²) in [5.41, 5.74) is 6.37. The molecule has 0 aliphatic rings. The van der Waals surface area contributed by atoms with Gasteiger partial charge < -0.3 is 11.1 Å². The summed E-state index contributed by atoms with van der Waals surface area (Å²) < 4.78 is 0. The monoisotopic (exact) mass is 241 g/mol. The standard InChI is InChI=1S/C11H19N3OS/c1-8-9(2)16-11(13-8)14-10(15)6-4-3-5-7-12/h3-7,12H2,1-2H3,(H,13,14,15). The SMILES string of the molecule is Cc1nc(NC(=O)CCCCCN)sc1C. The zero-order valence-electron chi connectivity index (χ0n) is 9.88. The van der Waals surface area contributed by atoms with Gasteiger partial charge >= 0.3 is 0 Å². The third-order valence-electron chi connectivity index (χ3n) is 2.38. The molecule has 0 saturated carbocycles. The van der Waals surface area contributed by atoms with Crippen LogP contribution in [0.25, 0.3) is 0 Å². The number of amides is 1. The highest BCUT2D eigenvalue weighted by atomic mass is 32.1. The van der Waals surface area contributed by atoms with Crippen LogP contribution in [-0.4, -0.2) is 17.4 Å². The van der Waals surface area contributed by atoms with Crippen LogP contribution >= 0.6 is 11.3 Å². The topological polar surface area (TPSA) is 68.0 Å². The number of rotatable bonds is 6. The Bertz CT molecular complexity index is 329. The molecule has 4 nitrogen and oxygen atoms in total. The second-order valence-electron chi connectivity index (χ2n) is 3.81. The Kier molecular flexibility index (Phi) is 5.42. The first-order chi connectivity index (χ1) is 7.63. The molecule has 0 spiro atoms. The van der Waals surface area contributed by atoms with Gasteiger partial charge in [0.2, 0.25) is 5.91 Å². The highest BCUT2D eigenvalue weighted by Gasteiger charge is 2.07. The van der Waals surface area contributed by atoms with E-state index in [1.165, 1.54) is 11.3 Å². The first-order valence-electron chi connectivity index (χ1n) is 5.57. The van der Waals surface area contributed by atoms with Crippen molar-refractivity contribution in [2.24, 2.45) is 5.73 Å². The van der Waals surface area contributed by atoms with E-state index in [4.69, 9.17) is 5.73 Å². The van der Waals surface area contributed by atoms with Crippen molar-refractivity contribution in [2.75, 3.05) is 11.9 Å². The number of anilines is 1. The lowest BCUT2D eigenvalue weighted by Gasteiger charge is -2.00. The lowest BCUT2D eigenvalue weighted by atomic mass is 10.2. The minimum absolute atomic E-state index is 0.0470. The number of hydrogen-bond donors (Lipinski definition) is 2. The average Bonchev–Trinajstić information content (AvgIpc) is 2.53. The zero-order valence-corrected chi connectivity index (χ0v) is 10.7. The molecule has 0 aromatic carbocycles. The maximum atomic E-state index is 11.5. The van der Waals surface area contributed by atoms with Crippen LogP contribution in [0.15, 0.2) is 0 Å². The predicted molar refractivity (Wildman–Crippen MR) is 67.7 cm³/mol. The van der Waals surface area contributed by atoms with Crippen molar-refractivity contribution in [1.29, 1.82) is 0 Å². The van der Waals surface area contributed by atoms with Gasteiger partial charge in [-0.05, 0) is 33.2 Å². The normalized spacial score (nSPS) is 10.4. The predicted octanol–water partition coefficient (Wildman–Crippen LogP) is 2.22. The van der Waals surface area contributed by atoms with Crippen molar-refractivity contribution in [1.82, 2.24) is 4.98 Å². The summed E-state index contributed by atoms with van der Waals surface area (Å²) in [5, 5.41) is 3.52. The summed E-state index contributed by atoms with van der Waals surface area (Å²) in [6, 6.07) is 0. The van der Waals surface area contributed by atoms with Crippen LogP contribution < -0.4 is 11.1 Å². The van der Waals surface area contributed by atoms with E-state index >= 15 is 0 Å². The Morgan fingerprint density at radius 1 is 1.38 bits per heavy atom. The van der Waals surface area contributed by atoms with Gasteiger partial charge in [0.1, 0.15) is 0 Å². The summed E-state index contributed by atoms with van der Waals surface area (Å²) in [4.78, 5) is 16.9. The van der Waals surface area contributed by atoms with E-state index in [1.807, 2.05) is 13.8 Å². The van der Waals surface area contributed by atoms with Crippen LogP contribution in [0.1, 0.15) is 36.3 Å². The Labute approximate surface area is 100 Å². The molecule has 1 rings (SSSR count). The third kappa shape index (κ3) is 4.28. The maximum absolute atomic E-state index is 11.5. The van der Waals surface area contributed by atoms with Crippen molar-refractivity contribution in [3.05, 3.63) is 10.6 Å². The molecule has 0 saturated heterocycles. The number of aromatic nitrogens is 1. The highest BCUT2D eigenvalue weighted by Crippen LogP contribution is 2.21. The summed E-state index contributed by atoms with van der Waals surface area (Å²) in [6.45, 7) is 4.65. The van der Waals surface area contributed by atoms with Crippen molar-refractivity contribution in [3.8, 4) is 0 Å². The largest absolute Gasteiger partial charge is 0.330 e. The lowest BCUT2D eigenvalue weighted by Crippen LogP contribution is -2.11. The van der Waals surface area contributed by atoms with Gasteiger partial charge in [0, 0.05) is 11.3 Å². The van der Waals surface area contributed by atoms with Gasteiger partial charge in [-0.15, -0.1) is 11.3 Å². The Hall–Kier alpha value is -0.940. The van der Waals surface area contributed by atoms with Crippen LogP contribution in [0.2, 0.25) is 0 Å². The molecule has 1 aromatic heterocycles. The van der Waals surface area contributed by atoms with Crippen LogP contribution in [0, 0.1) is 13.8 Å². The van der Waals surface area contributed by atoms with Gasteiger partial charge in [0.05, 0.1) is 5.69 Å². The molecule has 5 heteroatoms. The van der Waals surface area contributed by atoms with E-state index in [1.54, 1.807) is 0 Å². The molecule has 0 unspecified atom stereocenters. The van der Waals surface area contributed by atoms with Crippen molar-refractivity contribution in [2.45, 2.75) is 39.5 Å². The van der Waals surface area contributed by atoms with Gasteiger partial charge in [0.15, 0.2) is 5.13 Å². The van der Waals surface area contributed by atoms with Gasteiger partial charge in [-0.3, -0.25) is 4.79 Å². The van der Waals surface area contributed by atoms with Crippen molar-refractivity contribution < 1.29 is 4.79 Å². The third-order valence-corrected chi connectivity index (χ3v) is 3.37. The minimum atomic E-state index is 0.0470. The molecule has 3 N–H and O–H groups in total. The van der Waals surface area contributed by atoms with Crippen LogP contribution in [0.5, 0.6) is 0 Å². The number of nitrogens with one attached hydrogen (secondary N) is 1. The van der Waals surface area contributed by atoms with Crippen LogP contribution in [0.4, 0.5) is 5.13 Å². The van der Waals surface area contributed by atoms with E-state index in [0.29, 0.717) is 18.1 Å². The lowest BCUT2D eigenvalue weighted by molar-refractivity contribution is -0.116. The summed E-state index contributed by atoms with van der Waals surface area (Å²) in [5.74, 6) is 0.0470. The Morgan fingerprint density at radius 3 is 2.69 bits per heavy atom. The smallest absolute Gasteiger partial charge is 0.226 e. The van der Waals surface area contributed by atoms with Gasteiger partial charge in [-0.25, -0.2) is 4.98 Å². The number of aryl methyl sites for hydroxylation is 2. The van der Waals surface area contributed by atoms with E-state index in [0.717, 1.165) is 29.8 Å². The number of thiazole rings is 1. The molecule has 0 radical (unpaired) electrons. The molecule has 1 aromatic rings. The number of carbonyl (C=O) groups is 1. The van der Waals surface area contributed by atoms with E-state index in [9.17, 15) is 4.79 Å². The second kappa shape index (κ2) is 6.60. The van der Waals surface area contributed by atoms with E-state index in [-0.39, 0.29) is 5.91 Å². The highest BCUT2D eigenvalue weighted by molar-refractivity contribution is 7.15. The molecule has 16 heavy (non-hydrogen) atoms.